The van der Waals surface area contributed by atoms with Gasteiger partial charge in [-0.2, -0.15) is 5.10 Å². The maximum atomic E-state index is 12.6. The second kappa shape index (κ2) is 5.93. The third-order valence-corrected chi connectivity index (χ3v) is 7.30. The minimum Gasteiger partial charge on any atom is -0.312 e. The van der Waals surface area contributed by atoms with Gasteiger partial charge in [-0.25, -0.2) is 5.43 Å². The first-order valence-electron chi connectivity index (χ1n) is 9.61. The van der Waals surface area contributed by atoms with Gasteiger partial charge in [0, 0.05) is 35.3 Å². The van der Waals surface area contributed by atoms with Crippen LogP contribution in [0.15, 0.2) is 29.4 Å². The molecule has 138 valence electrons. The Hall–Kier alpha value is -2.17. The van der Waals surface area contributed by atoms with Crippen molar-refractivity contribution in [2.75, 3.05) is 11.4 Å². The number of rotatable bonds is 3. The normalized spacial score (nSPS) is 31.0. The van der Waals surface area contributed by atoms with Crippen LogP contribution in [0.3, 0.4) is 0 Å². The minimum absolute atomic E-state index is 0.0781. The van der Waals surface area contributed by atoms with E-state index in [0.717, 1.165) is 37.2 Å². The van der Waals surface area contributed by atoms with Gasteiger partial charge in [0.1, 0.15) is 0 Å². The van der Waals surface area contributed by atoms with Crippen LogP contribution < -0.4 is 10.3 Å². The molecule has 2 amide bonds. The number of amides is 2. The van der Waals surface area contributed by atoms with Crippen LogP contribution in [0.2, 0.25) is 0 Å². The molecule has 1 heterocycles. The Balaban J connectivity index is 1.50. The molecule has 2 atom stereocenters. The fourth-order valence-electron chi connectivity index (χ4n) is 5.02. The lowest BCUT2D eigenvalue weighted by atomic mass is 9.70. The summed E-state index contributed by atoms with van der Waals surface area (Å²) in [4.78, 5) is 26.3. The number of fused-ring (bicyclic) bond motifs is 2. The highest BCUT2D eigenvalue weighted by Gasteiger charge is 2.60. The molecule has 0 spiro atoms. The molecule has 1 aliphatic heterocycles. The van der Waals surface area contributed by atoms with E-state index in [1.165, 1.54) is 6.42 Å². The Morgan fingerprint density at radius 2 is 2.12 bits per heavy atom. The number of nitrogens with one attached hydrogen (secondary N) is 1. The molecule has 3 aliphatic rings. The SMILES string of the molecule is CC1(C)[C@H]2CC[C@]1(C)/C(=N/NC(=O)c1cccc(N3CCCC3=O)c1)C2. The highest BCUT2D eigenvalue weighted by atomic mass is 16.2. The van der Waals surface area contributed by atoms with Crippen molar-refractivity contribution < 1.29 is 9.59 Å². The van der Waals surface area contributed by atoms with E-state index in [-0.39, 0.29) is 22.6 Å². The van der Waals surface area contributed by atoms with E-state index in [1.807, 2.05) is 12.1 Å². The van der Waals surface area contributed by atoms with Crippen LogP contribution in [0.1, 0.15) is 63.2 Å². The van der Waals surface area contributed by atoms with Crippen molar-refractivity contribution in [3.8, 4) is 0 Å². The number of carbonyl (C=O) groups is 2. The molecule has 1 aromatic rings. The maximum absolute atomic E-state index is 12.6. The monoisotopic (exact) mass is 353 g/mol. The van der Waals surface area contributed by atoms with Crippen LogP contribution in [0.25, 0.3) is 0 Å². The lowest BCUT2D eigenvalue weighted by Crippen LogP contribution is -2.34. The van der Waals surface area contributed by atoms with Crippen molar-refractivity contribution in [3.63, 3.8) is 0 Å². The third kappa shape index (κ3) is 2.48. The first kappa shape index (κ1) is 17.3. The Bertz CT molecular complexity index is 798. The van der Waals surface area contributed by atoms with Gasteiger partial charge in [-0.3, -0.25) is 9.59 Å². The van der Waals surface area contributed by atoms with Crippen LogP contribution in [-0.4, -0.2) is 24.1 Å². The summed E-state index contributed by atoms with van der Waals surface area (Å²) in [5.74, 6) is 0.572. The molecule has 3 fully saturated rings. The van der Waals surface area contributed by atoms with Crippen LogP contribution >= 0.6 is 0 Å². The zero-order valence-electron chi connectivity index (χ0n) is 15.8. The molecule has 0 radical (unpaired) electrons. The second-order valence-electron chi connectivity index (χ2n) is 8.69. The molecular weight excluding hydrogens is 326 g/mol. The molecule has 2 saturated carbocycles. The van der Waals surface area contributed by atoms with Gasteiger partial charge < -0.3 is 4.90 Å². The fraction of sp³-hybridized carbons (Fsp3) is 0.571. The predicted molar refractivity (Wildman–Crippen MR) is 102 cm³/mol. The molecule has 5 nitrogen and oxygen atoms in total. The Morgan fingerprint density at radius 1 is 1.31 bits per heavy atom. The van der Waals surface area contributed by atoms with E-state index in [0.29, 0.717) is 17.9 Å². The summed E-state index contributed by atoms with van der Waals surface area (Å²) in [6, 6.07) is 7.26. The largest absolute Gasteiger partial charge is 0.312 e. The van der Waals surface area contributed by atoms with E-state index in [1.54, 1.807) is 17.0 Å². The molecule has 1 N–H and O–H groups in total. The van der Waals surface area contributed by atoms with E-state index >= 15 is 0 Å². The van der Waals surface area contributed by atoms with E-state index in [4.69, 9.17) is 0 Å². The van der Waals surface area contributed by atoms with Gasteiger partial charge in [0.05, 0.1) is 0 Å². The van der Waals surface area contributed by atoms with Crippen molar-refractivity contribution in [2.24, 2.45) is 21.8 Å². The molecule has 0 unspecified atom stereocenters. The van der Waals surface area contributed by atoms with Gasteiger partial charge in [-0.15, -0.1) is 0 Å². The van der Waals surface area contributed by atoms with Crippen molar-refractivity contribution >= 4 is 23.2 Å². The van der Waals surface area contributed by atoms with Crippen molar-refractivity contribution in [2.45, 2.75) is 52.9 Å². The smallest absolute Gasteiger partial charge is 0.271 e. The quantitative estimate of drug-likeness (QED) is 0.841. The molecule has 0 aromatic heterocycles. The molecule has 4 rings (SSSR count). The first-order valence-corrected chi connectivity index (χ1v) is 9.61. The molecular formula is C21H27N3O2. The van der Waals surface area contributed by atoms with Gasteiger partial charge in [-0.05, 0) is 55.2 Å². The number of hydrogen-bond donors (Lipinski definition) is 1. The summed E-state index contributed by atoms with van der Waals surface area (Å²) in [6.45, 7) is 7.66. The number of anilines is 1. The number of hydrazone groups is 1. The molecule has 2 aliphatic carbocycles. The molecule has 1 saturated heterocycles. The summed E-state index contributed by atoms with van der Waals surface area (Å²) in [5.41, 5.74) is 5.54. The zero-order valence-corrected chi connectivity index (χ0v) is 15.8. The highest BCUT2D eigenvalue weighted by Crippen LogP contribution is 2.63. The molecule has 2 bridgehead atoms. The van der Waals surface area contributed by atoms with Gasteiger partial charge in [0.15, 0.2) is 0 Å². The average molecular weight is 353 g/mol. The van der Waals surface area contributed by atoms with E-state index in [2.05, 4.69) is 31.3 Å². The second-order valence-corrected chi connectivity index (χ2v) is 8.69. The zero-order chi connectivity index (χ0) is 18.5. The number of nitrogens with zero attached hydrogens (tertiary/aromatic N) is 2. The maximum Gasteiger partial charge on any atom is 0.271 e. The van der Waals surface area contributed by atoms with Gasteiger partial charge >= 0.3 is 0 Å². The van der Waals surface area contributed by atoms with Crippen LogP contribution in [0, 0.1) is 16.7 Å². The lowest BCUT2D eigenvalue weighted by Gasteiger charge is -2.34. The topological polar surface area (TPSA) is 61.8 Å². The highest BCUT2D eigenvalue weighted by molar-refractivity contribution is 6.00. The standard InChI is InChI=1S/C21H27N3O2/c1-20(2)15-9-10-21(20,3)17(13-15)22-23-19(26)14-6-4-7-16(12-14)24-11-5-8-18(24)25/h4,6-7,12,15H,5,8-11,13H2,1-3H3,(H,23,26)/b22-17+/t15-,21+/m0/s1. The molecule has 26 heavy (non-hydrogen) atoms. The summed E-state index contributed by atoms with van der Waals surface area (Å²) in [6.07, 6.45) is 4.83. The van der Waals surface area contributed by atoms with Crippen LogP contribution in [0.4, 0.5) is 5.69 Å². The van der Waals surface area contributed by atoms with Crippen LogP contribution in [0.5, 0.6) is 0 Å². The Labute approximate surface area is 154 Å². The number of carbonyl (C=O) groups excluding carboxylic acids is 2. The average Bonchev–Trinajstić information content (AvgIpc) is 3.20. The van der Waals surface area contributed by atoms with E-state index in [9.17, 15) is 9.59 Å². The summed E-state index contributed by atoms with van der Waals surface area (Å²) >= 11 is 0. The van der Waals surface area contributed by atoms with Crippen molar-refractivity contribution in [3.05, 3.63) is 29.8 Å². The Kier molecular flexibility index (Phi) is 3.94. The van der Waals surface area contributed by atoms with Crippen molar-refractivity contribution in [1.29, 1.82) is 0 Å². The van der Waals surface area contributed by atoms with Gasteiger partial charge in [0.25, 0.3) is 5.91 Å². The lowest BCUT2D eigenvalue weighted by molar-refractivity contribution is -0.117. The first-order chi connectivity index (χ1) is 12.3. The van der Waals surface area contributed by atoms with E-state index < -0.39 is 0 Å². The van der Waals surface area contributed by atoms with Gasteiger partial charge in [0.2, 0.25) is 5.91 Å². The summed E-state index contributed by atoms with van der Waals surface area (Å²) in [7, 11) is 0. The minimum atomic E-state index is -0.213. The van der Waals surface area contributed by atoms with Gasteiger partial charge in [-0.1, -0.05) is 26.8 Å². The number of benzene rings is 1. The Morgan fingerprint density at radius 3 is 2.73 bits per heavy atom. The predicted octanol–water partition coefficient (Wildman–Crippen LogP) is 3.75. The summed E-state index contributed by atoms with van der Waals surface area (Å²) in [5, 5.41) is 4.53. The number of hydrogen-bond acceptors (Lipinski definition) is 3. The van der Waals surface area contributed by atoms with Crippen LogP contribution in [-0.2, 0) is 4.79 Å². The molecule has 1 aromatic carbocycles. The fourth-order valence-corrected chi connectivity index (χ4v) is 5.02. The molecule has 5 heteroatoms. The third-order valence-electron chi connectivity index (χ3n) is 7.30. The van der Waals surface area contributed by atoms with Crippen molar-refractivity contribution in [1.82, 2.24) is 5.43 Å². The summed E-state index contributed by atoms with van der Waals surface area (Å²) < 4.78 is 0.